The highest BCUT2D eigenvalue weighted by atomic mass is 19.1. The molecule has 3 aromatic rings. The molecule has 0 aliphatic carbocycles. The van der Waals surface area contributed by atoms with E-state index in [9.17, 15) is 19.3 Å². The van der Waals surface area contributed by atoms with Crippen LogP contribution in [0.1, 0.15) is 27.9 Å². The maximum absolute atomic E-state index is 13.1. The van der Waals surface area contributed by atoms with Gasteiger partial charge in [0.2, 0.25) is 0 Å². The Kier molecular flexibility index (Phi) is 8.18. The van der Waals surface area contributed by atoms with Crippen molar-refractivity contribution in [3.05, 3.63) is 105 Å². The van der Waals surface area contributed by atoms with Crippen LogP contribution in [0.4, 0.5) is 15.8 Å². The molecule has 1 N–H and O–H groups in total. The van der Waals surface area contributed by atoms with Gasteiger partial charge in [-0.1, -0.05) is 24.3 Å². The summed E-state index contributed by atoms with van der Waals surface area (Å²) in [5, 5.41) is 14.2. The van der Waals surface area contributed by atoms with Crippen LogP contribution in [0, 0.1) is 15.9 Å². The highest BCUT2D eigenvalue weighted by molar-refractivity contribution is 6.09. The lowest BCUT2D eigenvalue weighted by Gasteiger charge is -2.36. The van der Waals surface area contributed by atoms with Crippen molar-refractivity contribution in [1.29, 1.82) is 0 Å². The highest BCUT2D eigenvalue weighted by Crippen LogP contribution is 2.18. The average Bonchev–Trinajstić information content (AvgIpc) is 2.89. The van der Waals surface area contributed by atoms with Crippen LogP contribution in [0.15, 0.2) is 72.8 Å². The normalized spacial score (nSPS) is 14.1. The molecule has 0 unspecified atom stereocenters. The number of nitro benzene ring substituents is 1. The van der Waals surface area contributed by atoms with Crippen LogP contribution >= 0.6 is 0 Å². The van der Waals surface area contributed by atoms with E-state index in [1.54, 1.807) is 12.1 Å². The molecule has 1 aliphatic heterocycles. The van der Waals surface area contributed by atoms with Gasteiger partial charge in [0.05, 0.1) is 4.92 Å². The van der Waals surface area contributed by atoms with Gasteiger partial charge in [0.1, 0.15) is 5.82 Å². The molecule has 0 atom stereocenters. The largest absolute Gasteiger partial charge is 0.369 e. The highest BCUT2D eigenvalue weighted by Gasteiger charge is 2.17. The number of halogens is 1. The lowest BCUT2D eigenvalue weighted by atomic mass is 10.0. The first-order valence-electron chi connectivity index (χ1n) is 11.8. The molecule has 8 heteroatoms. The molecule has 0 saturated carbocycles. The maximum atomic E-state index is 13.1. The van der Waals surface area contributed by atoms with Gasteiger partial charge in [-0.05, 0) is 61.5 Å². The van der Waals surface area contributed by atoms with Crippen molar-refractivity contribution in [2.45, 2.75) is 13.0 Å². The summed E-state index contributed by atoms with van der Waals surface area (Å²) in [7, 11) is 0. The molecular weight excluding hydrogens is 447 g/mol. The topological polar surface area (TPSA) is 78.7 Å². The Bertz CT molecular complexity index is 1130. The van der Waals surface area contributed by atoms with Crippen LogP contribution in [0.5, 0.6) is 0 Å². The molecular formula is C27H29FN4O3. The minimum atomic E-state index is -0.480. The first kappa shape index (κ1) is 24.5. The predicted molar refractivity (Wildman–Crippen MR) is 134 cm³/mol. The van der Waals surface area contributed by atoms with Gasteiger partial charge in [-0.3, -0.25) is 19.8 Å². The van der Waals surface area contributed by atoms with E-state index in [1.165, 1.54) is 36.4 Å². The molecule has 1 aliphatic rings. The number of nitrogens with zero attached hydrogens (tertiary/aromatic N) is 3. The summed E-state index contributed by atoms with van der Waals surface area (Å²) in [6, 6.07) is 19.8. The lowest BCUT2D eigenvalue weighted by Crippen LogP contribution is -2.47. The SMILES string of the molecule is O=C(c1ccc(CNCCCN2CCN(c3ccc(F)cc3)CC2)cc1)c1ccc([N+](=O)[O-])cc1. The molecule has 0 spiro atoms. The Balaban J connectivity index is 1.14. The Morgan fingerprint density at radius 3 is 2.09 bits per heavy atom. The zero-order valence-electron chi connectivity index (χ0n) is 19.5. The molecule has 3 aromatic carbocycles. The van der Waals surface area contributed by atoms with Crippen molar-refractivity contribution < 1.29 is 14.1 Å². The fourth-order valence-corrected chi connectivity index (χ4v) is 4.22. The molecule has 1 saturated heterocycles. The van der Waals surface area contributed by atoms with Gasteiger partial charge in [0, 0.05) is 61.7 Å². The molecule has 35 heavy (non-hydrogen) atoms. The molecule has 0 amide bonds. The summed E-state index contributed by atoms with van der Waals surface area (Å²) in [6.07, 6.45) is 1.05. The van der Waals surface area contributed by atoms with Crippen LogP contribution in [0.3, 0.4) is 0 Å². The summed E-state index contributed by atoms with van der Waals surface area (Å²) in [6.45, 7) is 6.57. The first-order chi connectivity index (χ1) is 17.0. The molecule has 1 fully saturated rings. The van der Waals surface area contributed by atoms with Crippen molar-refractivity contribution in [3.8, 4) is 0 Å². The number of carbonyl (C=O) groups is 1. The van der Waals surface area contributed by atoms with E-state index >= 15 is 0 Å². The Labute approximate surface area is 204 Å². The molecule has 0 radical (unpaired) electrons. The average molecular weight is 477 g/mol. The maximum Gasteiger partial charge on any atom is 0.269 e. The number of anilines is 1. The number of nitro groups is 1. The lowest BCUT2D eigenvalue weighted by molar-refractivity contribution is -0.384. The Morgan fingerprint density at radius 1 is 0.886 bits per heavy atom. The standard InChI is InChI=1S/C27H29FN4O3/c28-24-8-12-25(13-9-24)31-18-16-30(17-19-31)15-1-14-29-20-21-2-4-22(5-3-21)27(33)23-6-10-26(11-7-23)32(34)35/h2-13,29H,1,14-20H2. The van der Waals surface area contributed by atoms with E-state index in [0.717, 1.165) is 63.5 Å². The number of ketones is 1. The van der Waals surface area contributed by atoms with Gasteiger partial charge in [-0.25, -0.2) is 4.39 Å². The minimum Gasteiger partial charge on any atom is -0.369 e. The second-order valence-electron chi connectivity index (χ2n) is 8.67. The van der Waals surface area contributed by atoms with E-state index in [2.05, 4.69) is 15.1 Å². The third-order valence-corrected chi connectivity index (χ3v) is 6.28. The number of nitrogens with one attached hydrogen (secondary N) is 1. The van der Waals surface area contributed by atoms with Crippen molar-refractivity contribution in [2.24, 2.45) is 0 Å². The third kappa shape index (κ3) is 6.71. The van der Waals surface area contributed by atoms with Crippen molar-refractivity contribution in [2.75, 3.05) is 44.2 Å². The summed E-state index contributed by atoms with van der Waals surface area (Å²) >= 11 is 0. The third-order valence-electron chi connectivity index (χ3n) is 6.28. The zero-order valence-corrected chi connectivity index (χ0v) is 19.5. The zero-order chi connectivity index (χ0) is 24.6. The van der Waals surface area contributed by atoms with Crippen molar-refractivity contribution >= 4 is 17.2 Å². The summed E-state index contributed by atoms with van der Waals surface area (Å²) in [4.78, 5) is 27.6. The number of hydrogen-bond donors (Lipinski definition) is 1. The number of benzene rings is 3. The van der Waals surface area contributed by atoms with Gasteiger partial charge < -0.3 is 10.2 Å². The molecule has 0 aromatic heterocycles. The Morgan fingerprint density at radius 2 is 1.49 bits per heavy atom. The van der Waals surface area contributed by atoms with Gasteiger partial charge in [0.15, 0.2) is 5.78 Å². The van der Waals surface area contributed by atoms with Crippen LogP contribution in [0.25, 0.3) is 0 Å². The van der Waals surface area contributed by atoms with Crippen LogP contribution < -0.4 is 10.2 Å². The molecule has 7 nitrogen and oxygen atoms in total. The Hall–Kier alpha value is -3.62. The van der Waals surface area contributed by atoms with E-state index < -0.39 is 4.92 Å². The van der Waals surface area contributed by atoms with Crippen LogP contribution in [-0.4, -0.2) is 54.9 Å². The van der Waals surface area contributed by atoms with E-state index in [0.29, 0.717) is 11.1 Å². The van der Waals surface area contributed by atoms with Crippen LogP contribution in [-0.2, 0) is 6.54 Å². The van der Waals surface area contributed by atoms with E-state index in [-0.39, 0.29) is 17.3 Å². The number of carbonyl (C=O) groups excluding carboxylic acids is 1. The predicted octanol–water partition coefficient (Wildman–Crippen LogP) is 4.27. The summed E-state index contributed by atoms with van der Waals surface area (Å²) in [5.41, 5.74) is 3.13. The van der Waals surface area contributed by atoms with Crippen molar-refractivity contribution in [1.82, 2.24) is 10.2 Å². The van der Waals surface area contributed by atoms with Gasteiger partial charge in [-0.2, -0.15) is 0 Å². The molecule has 0 bridgehead atoms. The minimum absolute atomic E-state index is 0.0322. The number of piperazine rings is 1. The smallest absolute Gasteiger partial charge is 0.269 e. The fourth-order valence-electron chi connectivity index (χ4n) is 4.22. The van der Waals surface area contributed by atoms with E-state index in [1.807, 2.05) is 24.3 Å². The second kappa shape index (κ2) is 11.7. The van der Waals surface area contributed by atoms with E-state index in [4.69, 9.17) is 0 Å². The number of hydrogen-bond acceptors (Lipinski definition) is 6. The van der Waals surface area contributed by atoms with Crippen LogP contribution in [0.2, 0.25) is 0 Å². The second-order valence-corrected chi connectivity index (χ2v) is 8.67. The fraction of sp³-hybridized carbons (Fsp3) is 0.296. The van der Waals surface area contributed by atoms with Gasteiger partial charge in [-0.15, -0.1) is 0 Å². The molecule has 4 rings (SSSR count). The first-order valence-corrected chi connectivity index (χ1v) is 11.8. The molecule has 182 valence electrons. The molecule has 1 heterocycles. The number of non-ortho nitro benzene ring substituents is 1. The van der Waals surface area contributed by atoms with Gasteiger partial charge in [0.25, 0.3) is 5.69 Å². The van der Waals surface area contributed by atoms with Crippen molar-refractivity contribution in [3.63, 3.8) is 0 Å². The summed E-state index contributed by atoms with van der Waals surface area (Å²) in [5.74, 6) is -0.356. The number of rotatable bonds is 10. The summed E-state index contributed by atoms with van der Waals surface area (Å²) < 4.78 is 13.1. The quantitative estimate of drug-likeness (QED) is 0.204. The monoisotopic (exact) mass is 476 g/mol. The van der Waals surface area contributed by atoms with Gasteiger partial charge >= 0.3 is 0 Å².